The zero-order chi connectivity index (χ0) is 25.3. The normalized spacial score (nSPS) is 16.9. The maximum Gasteiger partial charge on any atom is 0.253 e. The van der Waals surface area contributed by atoms with Gasteiger partial charge >= 0.3 is 0 Å². The number of hydrogen-bond donors (Lipinski definition) is 2. The molecule has 2 aliphatic rings. The number of amides is 3. The lowest BCUT2D eigenvalue weighted by Crippen LogP contribution is -2.46. The maximum atomic E-state index is 13.6. The van der Waals surface area contributed by atoms with Gasteiger partial charge in [-0.25, -0.2) is 0 Å². The minimum Gasteiger partial charge on any atom is -0.496 e. The number of ether oxygens (including phenoxy) is 1. The maximum absolute atomic E-state index is 13.6. The van der Waals surface area contributed by atoms with Gasteiger partial charge in [-0.15, -0.1) is 0 Å². The summed E-state index contributed by atoms with van der Waals surface area (Å²) in [5, 5.41) is 2.71. The van der Waals surface area contributed by atoms with Crippen molar-refractivity contribution in [3.63, 3.8) is 0 Å². The van der Waals surface area contributed by atoms with Crippen molar-refractivity contribution in [1.82, 2.24) is 9.88 Å². The van der Waals surface area contributed by atoms with Crippen LogP contribution in [-0.2, 0) is 9.59 Å². The van der Waals surface area contributed by atoms with Crippen molar-refractivity contribution in [3.8, 4) is 16.9 Å². The van der Waals surface area contributed by atoms with E-state index in [1.54, 1.807) is 31.4 Å². The Kier molecular flexibility index (Phi) is 6.26. The molecule has 0 unspecified atom stereocenters. The van der Waals surface area contributed by atoms with Crippen LogP contribution in [0.2, 0.25) is 0 Å². The number of methoxy groups -OCH3 is 1. The van der Waals surface area contributed by atoms with Gasteiger partial charge in [-0.05, 0) is 61.7 Å². The van der Waals surface area contributed by atoms with Crippen LogP contribution in [0.25, 0.3) is 11.1 Å². The highest BCUT2D eigenvalue weighted by atomic mass is 16.5. The molecule has 3 amide bonds. The highest BCUT2D eigenvalue weighted by Gasteiger charge is 2.49. The van der Waals surface area contributed by atoms with Crippen LogP contribution in [-0.4, -0.2) is 54.3 Å². The first-order valence-corrected chi connectivity index (χ1v) is 12.2. The first-order chi connectivity index (χ1) is 17.4. The fourth-order valence-electron chi connectivity index (χ4n) is 5.33. The van der Waals surface area contributed by atoms with Gasteiger partial charge in [0, 0.05) is 73.1 Å². The minimum atomic E-state index is -0.432. The van der Waals surface area contributed by atoms with E-state index in [-0.39, 0.29) is 17.7 Å². The first kappa shape index (κ1) is 23.7. The molecular weight excluding hydrogens is 456 g/mol. The van der Waals surface area contributed by atoms with Gasteiger partial charge in [0.05, 0.1) is 12.5 Å². The van der Waals surface area contributed by atoms with E-state index in [9.17, 15) is 14.4 Å². The molecule has 186 valence electrons. The quantitative estimate of drug-likeness (QED) is 0.562. The number of H-pyrrole nitrogens is 1. The summed E-state index contributed by atoms with van der Waals surface area (Å²) in [6.07, 6.45) is 5.86. The van der Waals surface area contributed by atoms with Crippen molar-refractivity contribution < 1.29 is 19.1 Å². The van der Waals surface area contributed by atoms with E-state index in [0.717, 1.165) is 29.0 Å². The first-order valence-electron chi connectivity index (χ1n) is 12.2. The Morgan fingerprint density at radius 2 is 1.72 bits per heavy atom. The Balaban J connectivity index is 1.25. The zero-order valence-electron chi connectivity index (χ0n) is 20.5. The molecule has 2 N–H and O–H groups in total. The Labute approximate surface area is 210 Å². The smallest absolute Gasteiger partial charge is 0.253 e. The number of rotatable bonds is 5. The summed E-state index contributed by atoms with van der Waals surface area (Å²) < 4.78 is 5.63. The van der Waals surface area contributed by atoms with Crippen LogP contribution in [0.4, 0.5) is 11.4 Å². The van der Waals surface area contributed by atoms with Crippen molar-refractivity contribution >= 4 is 29.1 Å². The number of benzene rings is 2. The highest BCUT2D eigenvalue weighted by Crippen LogP contribution is 2.44. The Morgan fingerprint density at radius 1 is 1.00 bits per heavy atom. The number of carbonyl (C=O) groups excluding carboxylic acids is 3. The largest absolute Gasteiger partial charge is 0.496 e. The van der Waals surface area contributed by atoms with Gasteiger partial charge in [0.15, 0.2) is 0 Å². The Bertz CT molecular complexity index is 1280. The van der Waals surface area contributed by atoms with Crippen LogP contribution in [0.15, 0.2) is 60.9 Å². The van der Waals surface area contributed by atoms with Crippen LogP contribution >= 0.6 is 0 Å². The average Bonchev–Trinajstić information content (AvgIpc) is 3.53. The summed E-state index contributed by atoms with van der Waals surface area (Å²) in [4.78, 5) is 44.6. The average molecular weight is 487 g/mol. The second-order valence-electron chi connectivity index (χ2n) is 9.52. The number of carbonyl (C=O) groups is 3. The summed E-state index contributed by atoms with van der Waals surface area (Å²) in [6, 6.07) is 14.8. The fraction of sp³-hybridized carbons (Fsp3) is 0.321. The summed E-state index contributed by atoms with van der Waals surface area (Å²) in [6.45, 7) is 3.19. The molecule has 2 aliphatic heterocycles. The van der Waals surface area contributed by atoms with E-state index in [0.29, 0.717) is 43.7 Å². The number of likely N-dealkylation sites (tertiary alicyclic amines) is 1. The molecule has 3 heterocycles. The van der Waals surface area contributed by atoms with E-state index < -0.39 is 5.41 Å². The molecule has 1 aromatic heterocycles. The number of aromatic amines is 1. The van der Waals surface area contributed by atoms with Gasteiger partial charge in [-0.1, -0.05) is 0 Å². The van der Waals surface area contributed by atoms with Crippen LogP contribution in [0.5, 0.6) is 5.75 Å². The lowest BCUT2D eigenvalue weighted by Gasteiger charge is -2.38. The lowest BCUT2D eigenvalue weighted by molar-refractivity contribution is -0.127. The van der Waals surface area contributed by atoms with E-state index >= 15 is 0 Å². The number of aromatic nitrogens is 1. The predicted molar refractivity (Wildman–Crippen MR) is 138 cm³/mol. The summed E-state index contributed by atoms with van der Waals surface area (Å²) in [5.41, 5.74) is 3.65. The summed E-state index contributed by atoms with van der Waals surface area (Å²) in [5.74, 6) is 0.656. The molecule has 0 aliphatic carbocycles. The van der Waals surface area contributed by atoms with Crippen LogP contribution in [0.1, 0.15) is 36.5 Å². The van der Waals surface area contributed by atoms with Crippen molar-refractivity contribution in [2.75, 3.05) is 37.0 Å². The molecule has 2 saturated heterocycles. The minimum absolute atomic E-state index is 0.0494. The van der Waals surface area contributed by atoms with E-state index in [1.807, 2.05) is 46.5 Å². The monoisotopic (exact) mass is 486 g/mol. The number of hydrogen-bond acceptors (Lipinski definition) is 4. The molecule has 8 heteroatoms. The topological polar surface area (TPSA) is 94.7 Å². The highest BCUT2D eigenvalue weighted by molar-refractivity contribution is 6.01. The molecule has 2 fully saturated rings. The molecule has 3 aromatic rings. The molecule has 0 bridgehead atoms. The third kappa shape index (κ3) is 4.34. The number of nitrogens with one attached hydrogen (secondary N) is 2. The molecule has 1 spiro atoms. The number of nitrogens with zero attached hydrogens (tertiary/aromatic N) is 2. The van der Waals surface area contributed by atoms with Gasteiger partial charge < -0.3 is 24.8 Å². The molecular formula is C28H30N4O4. The van der Waals surface area contributed by atoms with E-state index in [1.165, 1.54) is 6.92 Å². The van der Waals surface area contributed by atoms with Gasteiger partial charge in [0.25, 0.3) is 5.91 Å². The van der Waals surface area contributed by atoms with Crippen LogP contribution < -0.4 is 15.0 Å². The molecule has 0 radical (unpaired) electrons. The van der Waals surface area contributed by atoms with Crippen molar-refractivity contribution in [1.29, 1.82) is 0 Å². The SMILES string of the molecule is COc1cc(N2CCC3(CCN(C(=O)c4ccc(NC(C)=O)cc4)CC3)C2=O)ccc1-c1cc[nH]c1. The number of anilines is 2. The molecule has 0 atom stereocenters. The molecule has 5 rings (SSSR count). The van der Waals surface area contributed by atoms with Crippen molar-refractivity contribution in [2.45, 2.75) is 26.2 Å². The third-order valence-electron chi connectivity index (χ3n) is 7.38. The van der Waals surface area contributed by atoms with Crippen molar-refractivity contribution in [2.24, 2.45) is 5.41 Å². The van der Waals surface area contributed by atoms with Gasteiger partial charge in [-0.2, -0.15) is 0 Å². The van der Waals surface area contributed by atoms with Crippen molar-refractivity contribution in [3.05, 3.63) is 66.5 Å². The van der Waals surface area contributed by atoms with Gasteiger partial charge in [0.2, 0.25) is 11.8 Å². The summed E-state index contributed by atoms with van der Waals surface area (Å²) >= 11 is 0. The lowest BCUT2D eigenvalue weighted by atomic mass is 9.77. The molecule has 36 heavy (non-hydrogen) atoms. The van der Waals surface area contributed by atoms with E-state index in [2.05, 4.69) is 10.3 Å². The molecule has 0 saturated carbocycles. The number of piperidine rings is 1. The molecule has 2 aromatic carbocycles. The second-order valence-corrected chi connectivity index (χ2v) is 9.52. The Hall–Kier alpha value is -4.07. The van der Waals surface area contributed by atoms with E-state index in [4.69, 9.17) is 4.74 Å². The van der Waals surface area contributed by atoms with Crippen LogP contribution in [0.3, 0.4) is 0 Å². The molecule has 8 nitrogen and oxygen atoms in total. The predicted octanol–water partition coefficient (Wildman–Crippen LogP) is 4.31. The Morgan fingerprint density at radius 3 is 2.36 bits per heavy atom. The summed E-state index contributed by atoms with van der Waals surface area (Å²) in [7, 11) is 1.64. The fourth-order valence-corrected chi connectivity index (χ4v) is 5.33. The zero-order valence-corrected chi connectivity index (χ0v) is 20.5. The van der Waals surface area contributed by atoms with Gasteiger partial charge in [0.1, 0.15) is 5.75 Å². The second kappa shape index (κ2) is 9.53. The standard InChI is InChI=1S/C28H30N4O4/c1-19(33)30-22-5-3-20(4-6-22)26(34)31-14-10-28(11-15-31)12-16-32(27(28)35)23-7-8-24(25(17-23)36-2)21-9-13-29-18-21/h3-9,13,17-18,29H,10-12,14-16H2,1-2H3,(H,30,33). The van der Waals surface area contributed by atoms with Crippen LogP contribution in [0, 0.1) is 5.41 Å². The van der Waals surface area contributed by atoms with Gasteiger partial charge in [-0.3, -0.25) is 14.4 Å². The third-order valence-corrected chi connectivity index (χ3v) is 7.38.